The van der Waals surface area contributed by atoms with Crippen molar-refractivity contribution in [3.8, 4) is 0 Å². The summed E-state index contributed by atoms with van der Waals surface area (Å²) in [6, 6.07) is 7.74. The lowest BCUT2D eigenvalue weighted by molar-refractivity contribution is -0.126. The highest BCUT2D eigenvalue weighted by Crippen LogP contribution is 2.28. The van der Waals surface area contributed by atoms with Crippen LogP contribution in [0.4, 0.5) is 5.69 Å². The highest BCUT2D eigenvalue weighted by molar-refractivity contribution is 7.98. The minimum absolute atomic E-state index is 0.0368. The number of amides is 3. The molecule has 0 unspecified atom stereocenters. The third kappa shape index (κ3) is 4.72. The minimum atomic E-state index is -0.349. The first kappa shape index (κ1) is 17.3. The van der Waals surface area contributed by atoms with E-state index < -0.39 is 0 Å². The van der Waals surface area contributed by atoms with Crippen LogP contribution in [0.25, 0.3) is 0 Å². The molecule has 3 amide bonds. The molecule has 23 heavy (non-hydrogen) atoms. The molecule has 0 saturated carbocycles. The molecule has 1 aromatic rings. The van der Waals surface area contributed by atoms with E-state index in [4.69, 9.17) is 0 Å². The number of thioether (sulfide) groups is 1. The van der Waals surface area contributed by atoms with Gasteiger partial charge in [0.2, 0.25) is 17.7 Å². The zero-order valence-corrected chi connectivity index (χ0v) is 14.1. The van der Waals surface area contributed by atoms with Gasteiger partial charge in [0.15, 0.2) is 0 Å². The minimum Gasteiger partial charge on any atom is -0.355 e. The highest BCUT2D eigenvalue weighted by Gasteiger charge is 2.34. The lowest BCUT2D eigenvalue weighted by Gasteiger charge is -2.17. The third-order valence-corrected chi connectivity index (χ3v) is 4.38. The first-order valence-electron chi connectivity index (χ1n) is 7.48. The van der Waals surface area contributed by atoms with E-state index in [0.29, 0.717) is 19.6 Å². The van der Waals surface area contributed by atoms with E-state index in [1.807, 2.05) is 30.5 Å². The predicted molar refractivity (Wildman–Crippen MR) is 90.4 cm³/mol. The molecule has 1 saturated heterocycles. The van der Waals surface area contributed by atoms with Gasteiger partial charge in [0.1, 0.15) is 0 Å². The molecule has 0 bridgehead atoms. The summed E-state index contributed by atoms with van der Waals surface area (Å²) in [4.78, 5) is 37.8. The van der Waals surface area contributed by atoms with Gasteiger partial charge in [-0.15, -0.1) is 11.8 Å². The van der Waals surface area contributed by atoms with Crippen LogP contribution in [0.3, 0.4) is 0 Å². The zero-order valence-electron chi connectivity index (χ0n) is 13.3. The van der Waals surface area contributed by atoms with Gasteiger partial charge in [0.25, 0.3) is 0 Å². The van der Waals surface area contributed by atoms with Crippen molar-refractivity contribution in [2.24, 2.45) is 5.92 Å². The molecule has 1 aliphatic heterocycles. The number of nitrogens with zero attached hydrogens (tertiary/aromatic N) is 1. The number of nitrogens with one attached hydrogen (secondary N) is 2. The van der Waals surface area contributed by atoms with E-state index in [-0.39, 0.29) is 30.1 Å². The Kier molecular flexibility index (Phi) is 6.04. The largest absolute Gasteiger partial charge is 0.355 e. The molecule has 0 aromatic heterocycles. The molecule has 1 aromatic carbocycles. The van der Waals surface area contributed by atoms with Crippen LogP contribution in [0.2, 0.25) is 0 Å². The zero-order chi connectivity index (χ0) is 16.8. The number of anilines is 1. The Hall–Kier alpha value is -2.02. The summed E-state index contributed by atoms with van der Waals surface area (Å²) in [6.07, 6.45) is 2.20. The first-order valence-corrected chi connectivity index (χ1v) is 8.70. The third-order valence-electron chi connectivity index (χ3n) is 3.66. The summed E-state index contributed by atoms with van der Waals surface area (Å²) < 4.78 is 0. The summed E-state index contributed by atoms with van der Waals surface area (Å²) in [5.41, 5.74) is 0.829. The number of hydrogen-bond donors (Lipinski definition) is 2. The van der Waals surface area contributed by atoms with Crippen LogP contribution in [-0.2, 0) is 14.4 Å². The first-order chi connectivity index (χ1) is 11.0. The van der Waals surface area contributed by atoms with E-state index >= 15 is 0 Å². The second kappa shape index (κ2) is 8.01. The van der Waals surface area contributed by atoms with E-state index in [2.05, 4.69) is 10.6 Å². The second-order valence-corrected chi connectivity index (χ2v) is 6.26. The van der Waals surface area contributed by atoms with Crippen molar-refractivity contribution in [2.45, 2.75) is 18.2 Å². The topological polar surface area (TPSA) is 78.5 Å². The van der Waals surface area contributed by atoms with E-state index in [1.54, 1.807) is 16.7 Å². The highest BCUT2D eigenvalue weighted by atomic mass is 32.2. The summed E-state index contributed by atoms with van der Waals surface area (Å²) in [6.45, 7) is 2.58. The molecule has 1 aliphatic rings. The molecule has 1 atom stereocenters. The van der Waals surface area contributed by atoms with Crippen molar-refractivity contribution in [2.75, 3.05) is 30.8 Å². The van der Waals surface area contributed by atoms with Crippen LogP contribution in [-0.4, -0.2) is 43.6 Å². The average Bonchev–Trinajstić information content (AvgIpc) is 2.93. The van der Waals surface area contributed by atoms with Gasteiger partial charge in [0, 0.05) is 43.6 Å². The molecule has 0 spiro atoms. The monoisotopic (exact) mass is 335 g/mol. The maximum atomic E-state index is 12.2. The molecule has 2 N–H and O–H groups in total. The SMILES string of the molecule is CSc1cccc(N2C[C@@H](C(=O)NCCNC(C)=O)CC2=O)c1. The fourth-order valence-electron chi connectivity index (χ4n) is 2.48. The molecular formula is C16H21N3O3S. The Morgan fingerprint density at radius 2 is 2.04 bits per heavy atom. The molecule has 1 fully saturated rings. The van der Waals surface area contributed by atoms with E-state index in [0.717, 1.165) is 10.6 Å². The molecular weight excluding hydrogens is 314 g/mol. The maximum absolute atomic E-state index is 12.2. The lowest BCUT2D eigenvalue weighted by atomic mass is 10.1. The lowest BCUT2D eigenvalue weighted by Crippen LogP contribution is -2.37. The van der Waals surface area contributed by atoms with Gasteiger partial charge in [-0.1, -0.05) is 6.07 Å². The standard InChI is InChI=1S/C16H21N3O3S/c1-11(20)17-6-7-18-16(22)12-8-15(21)19(10-12)13-4-3-5-14(9-13)23-2/h3-5,9,12H,6-8,10H2,1-2H3,(H,17,20)(H,18,22)/t12-/m0/s1. The smallest absolute Gasteiger partial charge is 0.227 e. The van der Waals surface area contributed by atoms with Crippen LogP contribution in [0, 0.1) is 5.92 Å². The van der Waals surface area contributed by atoms with Gasteiger partial charge in [-0.25, -0.2) is 0 Å². The summed E-state index contributed by atoms with van der Waals surface area (Å²) in [5.74, 6) is -0.662. The summed E-state index contributed by atoms with van der Waals surface area (Å²) >= 11 is 1.61. The van der Waals surface area contributed by atoms with Crippen molar-refractivity contribution >= 4 is 35.2 Å². The number of hydrogen-bond acceptors (Lipinski definition) is 4. The van der Waals surface area contributed by atoms with Crippen LogP contribution in [0.1, 0.15) is 13.3 Å². The van der Waals surface area contributed by atoms with Crippen molar-refractivity contribution in [3.05, 3.63) is 24.3 Å². The fourth-order valence-corrected chi connectivity index (χ4v) is 2.93. The van der Waals surface area contributed by atoms with Crippen molar-refractivity contribution < 1.29 is 14.4 Å². The number of carbonyl (C=O) groups excluding carboxylic acids is 3. The molecule has 0 radical (unpaired) electrons. The van der Waals surface area contributed by atoms with Crippen molar-refractivity contribution in [1.82, 2.24) is 10.6 Å². The Labute approximate surface area is 140 Å². The van der Waals surface area contributed by atoms with Gasteiger partial charge in [-0.2, -0.15) is 0 Å². The second-order valence-electron chi connectivity index (χ2n) is 5.38. The fraction of sp³-hybridized carbons (Fsp3) is 0.438. The van der Waals surface area contributed by atoms with Gasteiger partial charge in [-0.05, 0) is 24.5 Å². The van der Waals surface area contributed by atoms with E-state index in [1.165, 1.54) is 6.92 Å². The molecule has 2 rings (SSSR count). The molecule has 6 nitrogen and oxygen atoms in total. The predicted octanol–water partition coefficient (Wildman–Crippen LogP) is 1.01. The number of carbonyl (C=O) groups is 3. The number of benzene rings is 1. The normalized spacial score (nSPS) is 17.2. The van der Waals surface area contributed by atoms with Gasteiger partial charge >= 0.3 is 0 Å². The van der Waals surface area contributed by atoms with Crippen LogP contribution < -0.4 is 15.5 Å². The van der Waals surface area contributed by atoms with Crippen LogP contribution >= 0.6 is 11.8 Å². The Bertz CT molecular complexity index is 606. The quantitative estimate of drug-likeness (QED) is 0.601. The number of rotatable bonds is 6. The van der Waals surface area contributed by atoms with Crippen LogP contribution in [0.5, 0.6) is 0 Å². The van der Waals surface area contributed by atoms with Gasteiger partial charge < -0.3 is 15.5 Å². The van der Waals surface area contributed by atoms with Gasteiger partial charge in [0.05, 0.1) is 5.92 Å². The van der Waals surface area contributed by atoms with Crippen molar-refractivity contribution in [1.29, 1.82) is 0 Å². The molecule has 0 aliphatic carbocycles. The Balaban J connectivity index is 1.91. The molecule has 124 valence electrons. The molecule has 7 heteroatoms. The Morgan fingerprint density at radius 1 is 1.30 bits per heavy atom. The Morgan fingerprint density at radius 3 is 2.74 bits per heavy atom. The van der Waals surface area contributed by atoms with Crippen molar-refractivity contribution in [3.63, 3.8) is 0 Å². The van der Waals surface area contributed by atoms with Gasteiger partial charge in [-0.3, -0.25) is 14.4 Å². The maximum Gasteiger partial charge on any atom is 0.227 e. The average molecular weight is 335 g/mol. The molecule has 1 heterocycles. The van der Waals surface area contributed by atoms with Crippen LogP contribution in [0.15, 0.2) is 29.2 Å². The summed E-state index contributed by atoms with van der Waals surface area (Å²) in [5, 5.41) is 5.37. The van der Waals surface area contributed by atoms with E-state index in [9.17, 15) is 14.4 Å². The summed E-state index contributed by atoms with van der Waals surface area (Å²) in [7, 11) is 0.